The Balaban J connectivity index is 2.84. The standard InChI is InChI=1S/C18H25F3N2O5/c1-4-6-13-9-15(16(25)28-17(26)18(19,20)21)23(10-13)8-7-14(11-27-5-2)22-12(3)24/h4,6,11,13,15H,5,7-10H2,1-3H3,(H,22,24). The average molecular weight is 406 g/mol. The summed E-state index contributed by atoms with van der Waals surface area (Å²) in [7, 11) is 0. The SMILES string of the molecule is CC=CC1CC(C(=O)OC(=O)C(F)(F)F)N(CCC(=COCC)NC(C)=O)C1. The predicted molar refractivity (Wildman–Crippen MR) is 93.6 cm³/mol. The summed E-state index contributed by atoms with van der Waals surface area (Å²) in [6.07, 6.45) is 0.311. The minimum atomic E-state index is -5.24. The summed E-state index contributed by atoms with van der Waals surface area (Å²) in [5.41, 5.74) is 0.474. The van der Waals surface area contributed by atoms with Crippen molar-refractivity contribution in [2.45, 2.75) is 45.8 Å². The lowest BCUT2D eigenvalue weighted by molar-refractivity contribution is -0.203. The second-order valence-corrected chi connectivity index (χ2v) is 6.27. The molecule has 0 aromatic rings. The van der Waals surface area contributed by atoms with Gasteiger partial charge in [-0.2, -0.15) is 13.2 Å². The van der Waals surface area contributed by atoms with Crippen molar-refractivity contribution in [1.29, 1.82) is 0 Å². The van der Waals surface area contributed by atoms with Crippen LogP contribution in [-0.2, 0) is 23.9 Å². The van der Waals surface area contributed by atoms with Crippen LogP contribution in [0.1, 0.15) is 33.6 Å². The summed E-state index contributed by atoms with van der Waals surface area (Å²) >= 11 is 0. The van der Waals surface area contributed by atoms with E-state index in [4.69, 9.17) is 4.74 Å². The highest BCUT2D eigenvalue weighted by Crippen LogP contribution is 2.27. The zero-order chi connectivity index (χ0) is 21.3. The summed E-state index contributed by atoms with van der Waals surface area (Å²) in [4.78, 5) is 36.0. The summed E-state index contributed by atoms with van der Waals surface area (Å²) in [6, 6.07) is -0.988. The van der Waals surface area contributed by atoms with Crippen LogP contribution in [0, 0.1) is 5.92 Å². The molecule has 1 saturated heterocycles. The van der Waals surface area contributed by atoms with Gasteiger partial charge < -0.3 is 14.8 Å². The number of nitrogens with one attached hydrogen (secondary N) is 1. The Morgan fingerprint density at radius 1 is 1.29 bits per heavy atom. The molecule has 2 unspecified atom stereocenters. The van der Waals surface area contributed by atoms with Gasteiger partial charge in [-0.3, -0.25) is 9.69 Å². The highest BCUT2D eigenvalue weighted by molar-refractivity contribution is 5.91. The van der Waals surface area contributed by atoms with E-state index in [1.54, 1.807) is 24.8 Å². The topological polar surface area (TPSA) is 84.9 Å². The fourth-order valence-electron chi connectivity index (χ4n) is 2.89. The Labute approximate surface area is 161 Å². The van der Waals surface area contributed by atoms with Gasteiger partial charge in [-0.1, -0.05) is 12.2 Å². The number of alkyl halides is 3. The third-order valence-corrected chi connectivity index (χ3v) is 3.99. The smallest absolute Gasteiger partial charge is 0.491 e. The van der Waals surface area contributed by atoms with E-state index in [1.807, 2.05) is 6.08 Å². The first-order valence-electron chi connectivity index (χ1n) is 8.86. The van der Waals surface area contributed by atoms with Gasteiger partial charge in [-0.05, 0) is 26.2 Å². The van der Waals surface area contributed by atoms with Crippen molar-refractivity contribution >= 4 is 17.8 Å². The summed E-state index contributed by atoms with van der Waals surface area (Å²) in [5, 5.41) is 2.61. The van der Waals surface area contributed by atoms with E-state index in [2.05, 4.69) is 10.1 Å². The molecule has 1 heterocycles. The molecule has 1 aliphatic heterocycles. The molecule has 1 rings (SSSR count). The Kier molecular flexibility index (Phi) is 9.17. The number of carbonyl (C=O) groups excluding carboxylic acids is 3. The summed E-state index contributed by atoms with van der Waals surface area (Å²) < 4.78 is 46.3. The number of carbonyl (C=O) groups is 3. The Morgan fingerprint density at radius 3 is 2.50 bits per heavy atom. The lowest BCUT2D eigenvalue weighted by Crippen LogP contribution is -2.41. The molecule has 1 fully saturated rings. The second kappa shape index (κ2) is 10.8. The van der Waals surface area contributed by atoms with E-state index in [1.165, 1.54) is 13.2 Å². The van der Waals surface area contributed by atoms with Gasteiger partial charge in [0, 0.05) is 26.4 Å². The van der Waals surface area contributed by atoms with Gasteiger partial charge in [0.2, 0.25) is 5.91 Å². The van der Waals surface area contributed by atoms with E-state index < -0.39 is 24.2 Å². The lowest BCUT2D eigenvalue weighted by Gasteiger charge is -2.23. The number of rotatable bonds is 8. The number of nitrogens with zero attached hydrogens (tertiary/aromatic N) is 1. The van der Waals surface area contributed by atoms with Gasteiger partial charge in [0.1, 0.15) is 12.3 Å². The first kappa shape index (κ1) is 23.7. The zero-order valence-electron chi connectivity index (χ0n) is 16.0. The van der Waals surface area contributed by atoms with Crippen molar-refractivity contribution in [2.24, 2.45) is 5.92 Å². The first-order valence-corrected chi connectivity index (χ1v) is 8.86. The van der Waals surface area contributed by atoms with Crippen LogP contribution in [0.25, 0.3) is 0 Å². The quantitative estimate of drug-likeness (QED) is 0.288. The third-order valence-electron chi connectivity index (χ3n) is 3.99. The van der Waals surface area contributed by atoms with Crippen LogP contribution in [0.5, 0.6) is 0 Å². The van der Waals surface area contributed by atoms with Crippen molar-refractivity contribution < 1.29 is 37.0 Å². The molecule has 0 bridgehead atoms. The molecule has 0 saturated carbocycles. The van der Waals surface area contributed by atoms with E-state index in [-0.39, 0.29) is 24.8 Å². The number of esters is 2. The molecule has 0 aromatic heterocycles. The van der Waals surface area contributed by atoms with Gasteiger partial charge in [0.15, 0.2) is 0 Å². The van der Waals surface area contributed by atoms with Gasteiger partial charge in [0.05, 0.1) is 12.3 Å². The van der Waals surface area contributed by atoms with Gasteiger partial charge in [-0.15, -0.1) is 0 Å². The van der Waals surface area contributed by atoms with Crippen molar-refractivity contribution in [3.8, 4) is 0 Å². The Morgan fingerprint density at radius 2 is 1.96 bits per heavy atom. The van der Waals surface area contributed by atoms with Gasteiger partial charge >= 0.3 is 18.1 Å². The van der Waals surface area contributed by atoms with Crippen LogP contribution in [0.15, 0.2) is 24.1 Å². The van der Waals surface area contributed by atoms with Crippen LogP contribution in [0.3, 0.4) is 0 Å². The molecule has 0 aromatic carbocycles. The second-order valence-electron chi connectivity index (χ2n) is 6.27. The summed E-state index contributed by atoms with van der Waals surface area (Å²) in [6.45, 7) is 5.96. The number of likely N-dealkylation sites (tertiary alicyclic amines) is 1. The average Bonchev–Trinajstić information content (AvgIpc) is 2.99. The highest BCUT2D eigenvalue weighted by Gasteiger charge is 2.45. The minimum Gasteiger partial charge on any atom is -0.500 e. The number of ether oxygens (including phenoxy) is 2. The number of allylic oxidation sites excluding steroid dienone is 1. The molecule has 0 radical (unpaired) electrons. The largest absolute Gasteiger partial charge is 0.500 e. The zero-order valence-corrected chi connectivity index (χ0v) is 16.0. The molecule has 28 heavy (non-hydrogen) atoms. The van der Waals surface area contributed by atoms with E-state index in [9.17, 15) is 27.6 Å². The third kappa shape index (κ3) is 7.71. The molecule has 158 valence electrons. The van der Waals surface area contributed by atoms with Crippen molar-refractivity contribution in [3.05, 3.63) is 24.1 Å². The molecular formula is C18H25F3N2O5. The number of hydrogen-bond donors (Lipinski definition) is 1. The van der Waals surface area contributed by atoms with Crippen molar-refractivity contribution in [3.63, 3.8) is 0 Å². The van der Waals surface area contributed by atoms with E-state index in [0.717, 1.165) is 0 Å². The normalized spacial score (nSPS) is 21.0. The molecule has 1 aliphatic rings. The molecule has 0 spiro atoms. The van der Waals surface area contributed by atoms with Crippen LogP contribution in [-0.4, -0.2) is 54.7 Å². The maximum Gasteiger partial charge on any atom is 0.491 e. The Hall–Kier alpha value is -2.36. The van der Waals surface area contributed by atoms with Crippen LogP contribution in [0.4, 0.5) is 13.2 Å². The maximum atomic E-state index is 12.4. The molecule has 7 nitrogen and oxygen atoms in total. The van der Waals surface area contributed by atoms with E-state index in [0.29, 0.717) is 25.3 Å². The molecule has 10 heteroatoms. The number of hydrogen-bond acceptors (Lipinski definition) is 6. The molecule has 1 amide bonds. The van der Waals surface area contributed by atoms with Crippen LogP contribution in [0.2, 0.25) is 0 Å². The molecule has 2 atom stereocenters. The van der Waals surface area contributed by atoms with Crippen LogP contribution >= 0.6 is 0 Å². The van der Waals surface area contributed by atoms with Crippen molar-refractivity contribution in [2.75, 3.05) is 19.7 Å². The fraction of sp³-hybridized carbons (Fsp3) is 0.611. The van der Waals surface area contributed by atoms with Crippen LogP contribution < -0.4 is 5.32 Å². The lowest BCUT2D eigenvalue weighted by atomic mass is 10.1. The predicted octanol–water partition coefficient (Wildman–Crippen LogP) is 2.29. The molecule has 0 aliphatic carbocycles. The van der Waals surface area contributed by atoms with Gasteiger partial charge in [-0.25, -0.2) is 9.59 Å². The van der Waals surface area contributed by atoms with Gasteiger partial charge in [0.25, 0.3) is 0 Å². The minimum absolute atomic E-state index is 0.0661. The maximum absolute atomic E-state index is 12.4. The van der Waals surface area contributed by atoms with E-state index >= 15 is 0 Å². The van der Waals surface area contributed by atoms with Crippen molar-refractivity contribution in [1.82, 2.24) is 10.2 Å². The monoisotopic (exact) mass is 406 g/mol. The molecule has 1 N–H and O–H groups in total. The summed E-state index contributed by atoms with van der Waals surface area (Å²) in [5.74, 6) is -4.12. The first-order chi connectivity index (χ1) is 13.1. The number of amides is 1. The molecular weight excluding hydrogens is 381 g/mol. The highest BCUT2D eigenvalue weighted by atomic mass is 19.4. The Bertz CT molecular complexity index is 631. The number of halogens is 3. The fourth-order valence-corrected chi connectivity index (χ4v) is 2.89.